The molecule has 2 aromatic rings. The Labute approximate surface area is 211 Å². The first-order valence-corrected chi connectivity index (χ1v) is 12.6. The summed E-state index contributed by atoms with van der Waals surface area (Å²) in [5.41, 5.74) is 1.54. The molecule has 4 aliphatic rings. The fourth-order valence-corrected chi connectivity index (χ4v) is 5.89. The third-order valence-electron chi connectivity index (χ3n) is 6.72. The first kappa shape index (κ1) is 23.1. The molecule has 0 aromatic heterocycles. The summed E-state index contributed by atoms with van der Waals surface area (Å²) in [6.07, 6.45) is 7.63. The summed E-state index contributed by atoms with van der Waals surface area (Å²) in [6, 6.07) is 11.1. The van der Waals surface area contributed by atoms with Crippen molar-refractivity contribution >= 4 is 45.6 Å². The highest BCUT2D eigenvalue weighted by atomic mass is 79.9. The highest BCUT2D eigenvalue weighted by molar-refractivity contribution is 9.10. The number of nitrogens with zero attached hydrogens (tertiary/aromatic N) is 2. The second-order valence-corrected chi connectivity index (χ2v) is 9.98. The Morgan fingerprint density at radius 2 is 1.76 bits per heavy atom. The largest absolute Gasteiger partial charge is 0.490 e. The molecule has 6 rings (SSSR count). The van der Waals surface area contributed by atoms with Crippen molar-refractivity contribution in [2.45, 2.75) is 26.4 Å². The average Bonchev–Trinajstić information content (AvgIpc) is 3.11. The van der Waals surface area contributed by atoms with E-state index in [0.717, 1.165) is 23.4 Å². The second kappa shape index (κ2) is 9.55. The predicted molar refractivity (Wildman–Crippen MR) is 133 cm³/mol. The smallest absolute Gasteiger partial charge is 0.254 e. The molecule has 176 valence electrons. The Balaban J connectivity index is 1.36. The molecule has 1 saturated heterocycles. The normalized spacial score (nSPS) is 25.3. The van der Waals surface area contributed by atoms with Gasteiger partial charge in [0.05, 0.1) is 29.1 Å². The summed E-state index contributed by atoms with van der Waals surface area (Å²) in [5.74, 6) is 0.392. The van der Waals surface area contributed by atoms with Gasteiger partial charge >= 0.3 is 0 Å². The number of halogens is 2. The predicted octanol–water partition coefficient (Wildman–Crippen LogP) is 5.61. The summed E-state index contributed by atoms with van der Waals surface area (Å²) in [5, 5.41) is 5.99. The number of amides is 2. The quantitative estimate of drug-likeness (QED) is 0.259. The third kappa shape index (κ3) is 4.16. The molecule has 1 aliphatic heterocycles. The van der Waals surface area contributed by atoms with E-state index < -0.39 is 0 Å². The van der Waals surface area contributed by atoms with Crippen molar-refractivity contribution in [3.63, 3.8) is 0 Å². The second-order valence-electron chi connectivity index (χ2n) is 8.72. The van der Waals surface area contributed by atoms with Crippen molar-refractivity contribution in [1.82, 2.24) is 5.01 Å². The van der Waals surface area contributed by atoms with Crippen molar-refractivity contribution in [1.29, 1.82) is 0 Å². The lowest BCUT2D eigenvalue weighted by Gasteiger charge is -2.37. The fraction of sp³-hybridized carbons (Fsp3) is 0.346. The third-order valence-corrected chi connectivity index (χ3v) is 7.68. The van der Waals surface area contributed by atoms with Crippen LogP contribution in [0.2, 0.25) is 5.02 Å². The van der Waals surface area contributed by atoms with Crippen molar-refractivity contribution in [2.75, 3.05) is 6.61 Å². The monoisotopic (exact) mass is 542 g/mol. The van der Waals surface area contributed by atoms with Gasteiger partial charge in [-0.3, -0.25) is 9.59 Å². The van der Waals surface area contributed by atoms with Crippen molar-refractivity contribution in [3.05, 3.63) is 69.2 Å². The van der Waals surface area contributed by atoms with Gasteiger partial charge in [0, 0.05) is 10.6 Å². The number of benzene rings is 2. The maximum atomic E-state index is 13.0. The summed E-state index contributed by atoms with van der Waals surface area (Å²) >= 11 is 9.80. The molecule has 1 heterocycles. The lowest BCUT2D eigenvalue weighted by molar-refractivity contribution is -0.140. The Hall–Kier alpha value is -2.64. The van der Waals surface area contributed by atoms with Crippen LogP contribution in [0.5, 0.6) is 11.5 Å². The minimum atomic E-state index is -0.278. The van der Waals surface area contributed by atoms with Crippen LogP contribution in [-0.4, -0.2) is 29.6 Å². The highest BCUT2D eigenvalue weighted by Crippen LogP contribution is 2.49. The Kier molecular flexibility index (Phi) is 6.49. The maximum Gasteiger partial charge on any atom is 0.254 e. The van der Waals surface area contributed by atoms with Gasteiger partial charge in [-0.2, -0.15) is 10.1 Å². The standard InChI is InChI=1S/C26H24BrClN2O4/c1-2-33-21-12-15(11-19(27)24(21)34-14-18-5-3-4-6-20(18)28)13-29-30-25(31)22-16-7-8-17(10-9-16)23(22)26(30)32/h3-8,11-13,16-17,22-23H,2,9-10,14H2,1H3/b29-13-/t16-,17-,22-,23-/m0/s1. The van der Waals surface area contributed by atoms with Crippen LogP contribution in [0.3, 0.4) is 0 Å². The van der Waals surface area contributed by atoms with Gasteiger partial charge in [0.15, 0.2) is 11.5 Å². The molecular formula is C26H24BrClN2O4. The summed E-state index contributed by atoms with van der Waals surface area (Å²) < 4.78 is 12.5. The van der Waals surface area contributed by atoms with Crippen LogP contribution in [-0.2, 0) is 16.2 Å². The number of imide groups is 1. The molecule has 2 amide bonds. The van der Waals surface area contributed by atoms with Crippen LogP contribution in [0.25, 0.3) is 0 Å². The van der Waals surface area contributed by atoms with Gasteiger partial charge in [-0.05, 0) is 71.3 Å². The van der Waals surface area contributed by atoms with Gasteiger partial charge in [-0.1, -0.05) is 42.0 Å². The molecule has 2 bridgehead atoms. The molecule has 0 radical (unpaired) electrons. The van der Waals surface area contributed by atoms with E-state index in [0.29, 0.717) is 33.2 Å². The zero-order valence-corrected chi connectivity index (χ0v) is 21.0. The van der Waals surface area contributed by atoms with E-state index in [1.807, 2.05) is 37.3 Å². The zero-order valence-electron chi connectivity index (χ0n) is 18.6. The molecule has 34 heavy (non-hydrogen) atoms. The number of carbonyl (C=O) groups is 2. The molecule has 2 fully saturated rings. The van der Waals surface area contributed by atoms with Crippen molar-refractivity contribution < 1.29 is 19.1 Å². The summed E-state index contributed by atoms with van der Waals surface area (Å²) in [6.45, 7) is 2.61. The van der Waals surface area contributed by atoms with Crippen LogP contribution in [0.15, 0.2) is 58.1 Å². The Morgan fingerprint density at radius 3 is 2.38 bits per heavy atom. The van der Waals surface area contributed by atoms with Crippen LogP contribution in [0, 0.1) is 23.7 Å². The average molecular weight is 544 g/mol. The van der Waals surface area contributed by atoms with Crippen molar-refractivity contribution in [3.8, 4) is 11.5 Å². The molecule has 2 aromatic carbocycles. The number of hydrogen-bond donors (Lipinski definition) is 0. The van der Waals surface area contributed by atoms with Crippen LogP contribution < -0.4 is 9.47 Å². The number of fused-ring (bicyclic) bond motifs is 1. The van der Waals surface area contributed by atoms with Gasteiger partial charge < -0.3 is 9.47 Å². The van der Waals surface area contributed by atoms with Gasteiger partial charge in [-0.15, -0.1) is 0 Å². The first-order chi connectivity index (χ1) is 16.5. The number of allylic oxidation sites excluding steroid dienone is 2. The Bertz CT molecular complexity index is 1170. The van der Waals surface area contributed by atoms with Gasteiger partial charge in [-0.25, -0.2) is 0 Å². The van der Waals surface area contributed by atoms with Crippen LogP contribution >= 0.6 is 27.5 Å². The molecule has 8 heteroatoms. The number of hydrazone groups is 1. The number of ether oxygens (including phenoxy) is 2. The van der Waals surface area contributed by atoms with E-state index >= 15 is 0 Å². The maximum absolute atomic E-state index is 13.0. The lowest BCUT2D eigenvalue weighted by Crippen LogP contribution is -2.38. The van der Waals surface area contributed by atoms with Crippen LogP contribution in [0.1, 0.15) is 30.9 Å². The summed E-state index contributed by atoms with van der Waals surface area (Å²) in [7, 11) is 0. The molecule has 3 aliphatic carbocycles. The number of rotatable bonds is 7. The number of hydrogen-bond acceptors (Lipinski definition) is 5. The van der Waals surface area contributed by atoms with E-state index in [1.54, 1.807) is 6.07 Å². The van der Waals surface area contributed by atoms with E-state index in [2.05, 4.69) is 33.2 Å². The molecule has 1 saturated carbocycles. The first-order valence-electron chi connectivity index (χ1n) is 11.4. The summed E-state index contributed by atoms with van der Waals surface area (Å²) in [4.78, 5) is 26.0. The van der Waals surface area contributed by atoms with E-state index in [9.17, 15) is 9.59 Å². The molecule has 0 unspecified atom stereocenters. The molecule has 0 N–H and O–H groups in total. The minimum absolute atomic E-state index is 0.139. The lowest BCUT2D eigenvalue weighted by atomic mass is 9.63. The minimum Gasteiger partial charge on any atom is -0.490 e. The van der Waals surface area contributed by atoms with Gasteiger partial charge in [0.1, 0.15) is 6.61 Å². The van der Waals surface area contributed by atoms with Crippen LogP contribution in [0.4, 0.5) is 0 Å². The van der Waals surface area contributed by atoms with E-state index in [1.165, 1.54) is 6.21 Å². The zero-order chi connectivity index (χ0) is 23.8. The van der Waals surface area contributed by atoms with Crippen molar-refractivity contribution in [2.24, 2.45) is 28.8 Å². The van der Waals surface area contributed by atoms with E-state index in [-0.39, 0.29) is 42.1 Å². The van der Waals surface area contributed by atoms with Gasteiger partial charge in [0.2, 0.25) is 0 Å². The SMILES string of the molecule is CCOc1cc(/C=N\N2C(=O)[C@@H]3[C@@H](C2=O)[C@H]2C=C[C@H]3CC2)cc(Br)c1OCc1ccccc1Cl. The fourth-order valence-electron chi connectivity index (χ4n) is 5.13. The van der Waals surface area contributed by atoms with Gasteiger partial charge in [0.25, 0.3) is 11.8 Å². The number of carbonyl (C=O) groups excluding carboxylic acids is 2. The molecule has 6 nitrogen and oxygen atoms in total. The molecule has 4 atom stereocenters. The van der Waals surface area contributed by atoms with E-state index in [4.69, 9.17) is 21.1 Å². The highest BCUT2D eigenvalue weighted by Gasteiger charge is 2.56. The Morgan fingerprint density at radius 1 is 1.09 bits per heavy atom. The molecular weight excluding hydrogens is 520 g/mol. The topological polar surface area (TPSA) is 68.2 Å². The molecule has 0 spiro atoms.